The van der Waals surface area contributed by atoms with E-state index in [9.17, 15) is 24.6 Å². The lowest BCUT2D eigenvalue weighted by Crippen LogP contribution is -2.49. The summed E-state index contributed by atoms with van der Waals surface area (Å²) < 4.78 is 10.3. The molecule has 2 aliphatic rings. The van der Waals surface area contributed by atoms with Gasteiger partial charge in [-0.25, -0.2) is 0 Å². The molecule has 28 heavy (non-hydrogen) atoms. The first-order chi connectivity index (χ1) is 13.4. The van der Waals surface area contributed by atoms with E-state index in [1.165, 1.54) is 0 Å². The van der Waals surface area contributed by atoms with Crippen LogP contribution in [0, 0.1) is 17.8 Å². The van der Waals surface area contributed by atoms with E-state index in [0.29, 0.717) is 38.9 Å². The average molecular weight is 399 g/mol. The second kappa shape index (κ2) is 11.4. The first-order valence-electron chi connectivity index (χ1n) is 10.3. The summed E-state index contributed by atoms with van der Waals surface area (Å²) in [4.78, 5) is 37.8. The molecule has 2 saturated carbocycles. The van der Waals surface area contributed by atoms with Gasteiger partial charge in [-0.3, -0.25) is 14.4 Å². The van der Waals surface area contributed by atoms with E-state index in [1.54, 1.807) is 12.0 Å². The highest BCUT2D eigenvalue weighted by Gasteiger charge is 2.37. The van der Waals surface area contributed by atoms with Gasteiger partial charge >= 0.3 is 11.9 Å². The number of hydrogen-bond donors (Lipinski definition) is 2. The van der Waals surface area contributed by atoms with Crippen LogP contribution in [0.2, 0.25) is 0 Å². The van der Waals surface area contributed by atoms with Gasteiger partial charge in [-0.1, -0.05) is 12.8 Å². The van der Waals surface area contributed by atoms with Crippen LogP contribution in [-0.4, -0.2) is 72.5 Å². The molecule has 0 spiro atoms. The predicted molar refractivity (Wildman–Crippen MR) is 101 cm³/mol. The van der Waals surface area contributed by atoms with Crippen molar-refractivity contribution in [2.75, 3.05) is 33.5 Å². The Balaban J connectivity index is 2.05. The lowest BCUT2D eigenvalue weighted by atomic mass is 9.84. The standard InChI is InChI=1S/C20H33NO7/c1-27-10-11-28-13-16(20(25)26)12-21(18(22)14-4-2-3-5-14)17-8-6-15(7-9-17)19(23)24/h14-17H,2-13H2,1H3,(H,23,24)(H,25,26). The molecule has 0 aromatic carbocycles. The molecule has 2 aliphatic carbocycles. The fraction of sp³-hybridized carbons (Fsp3) is 0.850. The summed E-state index contributed by atoms with van der Waals surface area (Å²) in [6.07, 6.45) is 6.01. The number of carboxylic acids is 2. The first-order valence-corrected chi connectivity index (χ1v) is 10.3. The molecule has 2 rings (SSSR count). The minimum absolute atomic E-state index is 0.0254. The maximum atomic E-state index is 13.2. The number of nitrogens with zero attached hydrogens (tertiary/aromatic N) is 1. The van der Waals surface area contributed by atoms with E-state index in [0.717, 1.165) is 25.7 Å². The normalized spacial score (nSPS) is 24.0. The van der Waals surface area contributed by atoms with Gasteiger partial charge in [0.05, 0.1) is 31.7 Å². The Morgan fingerprint density at radius 2 is 1.61 bits per heavy atom. The summed E-state index contributed by atoms with van der Waals surface area (Å²) in [7, 11) is 1.55. The summed E-state index contributed by atoms with van der Waals surface area (Å²) in [5.41, 5.74) is 0. The quantitative estimate of drug-likeness (QED) is 0.511. The lowest BCUT2D eigenvalue weighted by molar-refractivity contribution is -0.149. The molecule has 160 valence electrons. The monoisotopic (exact) mass is 399 g/mol. The predicted octanol–water partition coefficient (Wildman–Crippen LogP) is 2.01. The summed E-state index contributed by atoms with van der Waals surface area (Å²) in [6, 6.07) is -0.0930. The van der Waals surface area contributed by atoms with Crippen molar-refractivity contribution < 1.29 is 34.1 Å². The molecule has 0 heterocycles. The van der Waals surface area contributed by atoms with Crippen molar-refractivity contribution in [3.63, 3.8) is 0 Å². The van der Waals surface area contributed by atoms with Crippen LogP contribution < -0.4 is 0 Å². The molecule has 8 heteroatoms. The van der Waals surface area contributed by atoms with Crippen LogP contribution in [0.1, 0.15) is 51.4 Å². The third-order valence-electron chi connectivity index (χ3n) is 5.99. The van der Waals surface area contributed by atoms with Crippen LogP contribution in [0.4, 0.5) is 0 Å². The summed E-state index contributed by atoms with van der Waals surface area (Å²) >= 11 is 0. The van der Waals surface area contributed by atoms with Crippen LogP contribution in [0.5, 0.6) is 0 Å². The van der Waals surface area contributed by atoms with Crippen molar-refractivity contribution >= 4 is 17.8 Å². The third-order valence-corrected chi connectivity index (χ3v) is 5.99. The number of carboxylic acid groups (broad SMARTS) is 2. The van der Waals surface area contributed by atoms with Gasteiger partial charge in [0.1, 0.15) is 0 Å². The van der Waals surface area contributed by atoms with E-state index in [2.05, 4.69) is 0 Å². The van der Waals surface area contributed by atoms with Gasteiger partial charge in [-0.05, 0) is 38.5 Å². The third kappa shape index (κ3) is 6.44. The maximum Gasteiger partial charge on any atom is 0.310 e. The summed E-state index contributed by atoms with van der Waals surface area (Å²) in [5.74, 6) is -2.96. The maximum absolute atomic E-state index is 13.2. The molecular weight excluding hydrogens is 366 g/mol. The Bertz CT molecular complexity index is 525. The van der Waals surface area contributed by atoms with Gasteiger partial charge < -0.3 is 24.6 Å². The van der Waals surface area contributed by atoms with E-state index >= 15 is 0 Å². The molecule has 1 amide bonds. The lowest BCUT2D eigenvalue weighted by Gasteiger charge is -2.38. The van der Waals surface area contributed by atoms with Crippen LogP contribution in [0.3, 0.4) is 0 Å². The molecule has 2 fully saturated rings. The smallest absolute Gasteiger partial charge is 0.310 e. The van der Waals surface area contributed by atoms with Crippen molar-refractivity contribution in [3.05, 3.63) is 0 Å². The van der Waals surface area contributed by atoms with Crippen LogP contribution in [0.15, 0.2) is 0 Å². The summed E-state index contributed by atoms with van der Waals surface area (Å²) in [6.45, 7) is 0.828. The molecule has 0 aromatic heterocycles. The number of carbonyl (C=O) groups excluding carboxylic acids is 1. The number of aliphatic carboxylic acids is 2. The number of amides is 1. The minimum atomic E-state index is -0.985. The highest BCUT2D eigenvalue weighted by molar-refractivity contribution is 5.80. The zero-order chi connectivity index (χ0) is 20.5. The van der Waals surface area contributed by atoms with Gasteiger partial charge in [0.25, 0.3) is 0 Å². The van der Waals surface area contributed by atoms with Crippen molar-refractivity contribution in [2.24, 2.45) is 17.8 Å². The number of rotatable bonds is 11. The minimum Gasteiger partial charge on any atom is -0.481 e. The highest BCUT2D eigenvalue weighted by Crippen LogP contribution is 2.32. The second-order valence-corrected chi connectivity index (χ2v) is 7.92. The summed E-state index contributed by atoms with van der Waals surface area (Å²) in [5, 5.41) is 18.8. The Kier molecular flexibility index (Phi) is 9.18. The zero-order valence-corrected chi connectivity index (χ0v) is 16.7. The Morgan fingerprint density at radius 1 is 0.964 bits per heavy atom. The van der Waals surface area contributed by atoms with Crippen molar-refractivity contribution in [1.82, 2.24) is 4.90 Å². The number of carbonyl (C=O) groups is 3. The van der Waals surface area contributed by atoms with Crippen LogP contribution >= 0.6 is 0 Å². The molecule has 0 radical (unpaired) electrons. The zero-order valence-electron chi connectivity index (χ0n) is 16.7. The highest BCUT2D eigenvalue weighted by atomic mass is 16.5. The molecule has 0 aromatic rings. The van der Waals surface area contributed by atoms with Gasteiger partial charge in [0.15, 0.2) is 0 Å². The molecule has 2 N–H and O–H groups in total. The van der Waals surface area contributed by atoms with Gasteiger partial charge in [-0.15, -0.1) is 0 Å². The topological polar surface area (TPSA) is 113 Å². The molecule has 8 nitrogen and oxygen atoms in total. The van der Waals surface area contributed by atoms with E-state index < -0.39 is 17.9 Å². The van der Waals surface area contributed by atoms with Gasteiger partial charge in [-0.2, -0.15) is 0 Å². The van der Waals surface area contributed by atoms with E-state index in [1.807, 2.05) is 0 Å². The van der Waals surface area contributed by atoms with Gasteiger partial charge in [0, 0.05) is 25.6 Å². The fourth-order valence-corrected chi connectivity index (χ4v) is 4.27. The number of methoxy groups -OCH3 is 1. The Morgan fingerprint density at radius 3 is 2.14 bits per heavy atom. The molecule has 1 atom stereocenters. The van der Waals surface area contributed by atoms with Crippen LogP contribution in [0.25, 0.3) is 0 Å². The van der Waals surface area contributed by atoms with Crippen molar-refractivity contribution in [3.8, 4) is 0 Å². The average Bonchev–Trinajstić information content (AvgIpc) is 3.21. The fourth-order valence-electron chi connectivity index (χ4n) is 4.27. The number of hydrogen-bond acceptors (Lipinski definition) is 5. The first kappa shape index (κ1) is 22.6. The number of ether oxygens (including phenoxy) is 2. The molecule has 0 bridgehead atoms. The Labute approximate surface area is 166 Å². The molecular formula is C20H33NO7. The van der Waals surface area contributed by atoms with E-state index in [-0.39, 0.29) is 36.9 Å². The molecule has 0 aliphatic heterocycles. The second-order valence-electron chi connectivity index (χ2n) is 7.92. The molecule has 0 saturated heterocycles. The SMILES string of the molecule is COCCOCC(CN(C(=O)C1CCCC1)C1CCC(C(=O)O)CC1)C(=O)O. The van der Waals surface area contributed by atoms with Crippen LogP contribution in [-0.2, 0) is 23.9 Å². The van der Waals surface area contributed by atoms with Gasteiger partial charge in [0.2, 0.25) is 5.91 Å². The van der Waals surface area contributed by atoms with E-state index in [4.69, 9.17) is 9.47 Å². The largest absolute Gasteiger partial charge is 0.481 e. The van der Waals surface area contributed by atoms with Crippen molar-refractivity contribution in [1.29, 1.82) is 0 Å². The molecule has 1 unspecified atom stereocenters. The van der Waals surface area contributed by atoms with Crippen molar-refractivity contribution in [2.45, 2.75) is 57.4 Å². The Hall–Kier alpha value is -1.67.